The molecule has 24 heavy (non-hydrogen) atoms. The van der Waals surface area contributed by atoms with E-state index in [1.807, 2.05) is 0 Å². The quantitative estimate of drug-likeness (QED) is 0.742. The SMILES string of the molecule is C1=c2c3c(c4c(c2=CCC1)=CCCC=4c1ccccc1)=CCCC=3. The highest BCUT2D eigenvalue weighted by molar-refractivity contribution is 5.69. The molecule has 5 rings (SSSR count). The van der Waals surface area contributed by atoms with Crippen molar-refractivity contribution >= 4 is 36.0 Å². The Morgan fingerprint density at radius 1 is 0.500 bits per heavy atom. The van der Waals surface area contributed by atoms with Gasteiger partial charge in [0.1, 0.15) is 0 Å². The van der Waals surface area contributed by atoms with Crippen molar-refractivity contribution in [3.63, 3.8) is 0 Å². The average Bonchev–Trinajstić information content (AvgIpc) is 2.68. The third kappa shape index (κ3) is 2.06. The zero-order valence-electron chi connectivity index (χ0n) is 14.0. The molecule has 118 valence electrons. The number of rotatable bonds is 1. The first-order chi connectivity index (χ1) is 11.9. The summed E-state index contributed by atoms with van der Waals surface area (Å²) in [7, 11) is 0. The molecule has 0 radical (unpaired) electrons. The normalized spacial score (nSPS) is 17.8. The number of benzene rings is 2. The maximum absolute atomic E-state index is 2.49. The van der Waals surface area contributed by atoms with Gasteiger partial charge >= 0.3 is 0 Å². The Hall–Kier alpha value is -2.34. The van der Waals surface area contributed by atoms with E-state index in [2.05, 4.69) is 60.7 Å². The first kappa shape index (κ1) is 14.0. The summed E-state index contributed by atoms with van der Waals surface area (Å²) < 4.78 is 0. The van der Waals surface area contributed by atoms with Gasteiger partial charge in [-0.1, -0.05) is 60.7 Å². The lowest BCUT2D eigenvalue weighted by Crippen LogP contribution is -2.67. The molecule has 0 unspecified atom stereocenters. The lowest BCUT2D eigenvalue weighted by atomic mass is 9.88. The molecule has 3 aliphatic rings. The van der Waals surface area contributed by atoms with Crippen LogP contribution in [0, 0.1) is 0 Å². The molecule has 0 amide bonds. The minimum Gasteiger partial charge on any atom is -0.0757 e. The molecule has 3 aliphatic carbocycles. The van der Waals surface area contributed by atoms with Crippen molar-refractivity contribution < 1.29 is 0 Å². The molecule has 0 aromatic heterocycles. The second-order valence-corrected chi connectivity index (χ2v) is 7.00. The highest BCUT2D eigenvalue weighted by Crippen LogP contribution is 2.17. The van der Waals surface area contributed by atoms with Gasteiger partial charge in [0.15, 0.2) is 0 Å². The topological polar surface area (TPSA) is 0 Å². The van der Waals surface area contributed by atoms with Crippen LogP contribution < -0.4 is 31.3 Å². The van der Waals surface area contributed by atoms with Gasteiger partial charge in [0.25, 0.3) is 0 Å². The van der Waals surface area contributed by atoms with Crippen LogP contribution in [0.2, 0.25) is 0 Å². The van der Waals surface area contributed by atoms with Crippen LogP contribution in [0.1, 0.15) is 44.1 Å². The van der Waals surface area contributed by atoms with E-state index in [1.165, 1.54) is 68.1 Å². The number of fused-ring (bicyclic) bond motifs is 6. The molecule has 2 aromatic rings. The van der Waals surface area contributed by atoms with E-state index < -0.39 is 0 Å². The van der Waals surface area contributed by atoms with Crippen LogP contribution in [0.5, 0.6) is 0 Å². The maximum Gasteiger partial charge on any atom is -0.00674 e. The minimum atomic E-state index is 1.15. The van der Waals surface area contributed by atoms with Gasteiger partial charge in [0, 0.05) is 0 Å². The molecule has 0 saturated heterocycles. The minimum absolute atomic E-state index is 1.15. The molecule has 2 aromatic carbocycles. The molecule has 0 heteroatoms. The monoisotopic (exact) mass is 310 g/mol. The van der Waals surface area contributed by atoms with Crippen molar-refractivity contribution in [1.82, 2.24) is 0 Å². The summed E-state index contributed by atoms with van der Waals surface area (Å²) >= 11 is 0. The predicted octanol–water partition coefficient (Wildman–Crippen LogP) is 1.17. The fourth-order valence-electron chi connectivity index (χ4n) is 4.58. The summed E-state index contributed by atoms with van der Waals surface area (Å²) in [5.41, 5.74) is 2.94. The van der Waals surface area contributed by atoms with Gasteiger partial charge in [-0.3, -0.25) is 0 Å². The molecule has 0 fully saturated rings. The fourth-order valence-corrected chi connectivity index (χ4v) is 4.58. The zero-order chi connectivity index (χ0) is 15.9. The molecule has 0 bridgehead atoms. The van der Waals surface area contributed by atoms with Crippen molar-refractivity contribution in [1.29, 1.82) is 0 Å². The van der Waals surface area contributed by atoms with E-state index in [9.17, 15) is 0 Å². The fraction of sp³-hybridized carbons (Fsp3) is 0.250. The molecular formula is C24H22. The first-order valence-corrected chi connectivity index (χ1v) is 9.25. The van der Waals surface area contributed by atoms with Crippen molar-refractivity contribution in [3.8, 4) is 0 Å². The highest BCUT2D eigenvalue weighted by Gasteiger charge is 2.12. The molecule has 0 N–H and O–H groups in total. The van der Waals surface area contributed by atoms with Crippen LogP contribution in [0.3, 0.4) is 0 Å². The van der Waals surface area contributed by atoms with Crippen LogP contribution in [-0.2, 0) is 0 Å². The molecule has 0 saturated carbocycles. The maximum atomic E-state index is 2.49. The first-order valence-electron chi connectivity index (χ1n) is 9.25. The molecule has 0 nitrogen and oxygen atoms in total. The molecule has 0 heterocycles. The Bertz CT molecular complexity index is 1120. The third-order valence-corrected chi connectivity index (χ3v) is 5.59. The summed E-state index contributed by atoms with van der Waals surface area (Å²) in [6, 6.07) is 11.0. The van der Waals surface area contributed by atoms with Gasteiger partial charge < -0.3 is 0 Å². The van der Waals surface area contributed by atoms with E-state index in [1.54, 1.807) is 0 Å². The molecule has 0 spiro atoms. The standard InChI is InChI=1S/C24H22/c1-2-9-17(10-3-1)18-15-8-16-23-21-12-5-4-11-19(21)20-13-6-7-14-22(20)24(18)23/h1-3,9-14,16H,4-8,15H2. The summed E-state index contributed by atoms with van der Waals surface area (Å²) in [5, 5.41) is 9.00. The van der Waals surface area contributed by atoms with Crippen LogP contribution in [0.4, 0.5) is 0 Å². The van der Waals surface area contributed by atoms with Crippen LogP contribution in [-0.4, -0.2) is 0 Å². The molecular weight excluding hydrogens is 288 g/mol. The number of hydrogen-bond acceptors (Lipinski definition) is 0. The lowest BCUT2D eigenvalue weighted by molar-refractivity contribution is 1.03. The predicted molar refractivity (Wildman–Crippen MR) is 103 cm³/mol. The summed E-state index contributed by atoms with van der Waals surface area (Å²) in [6.45, 7) is 0. The number of hydrogen-bond donors (Lipinski definition) is 0. The zero-order valence-corrected chi connectivity index (χ0v) is 14.0. The average molecular weight is 310 g/mol. The van der Waals surface area contributed by atoms with E-state index in [4.69, 9.17) is 0 Å². The molecule has 0 aliphatic heterocycles. The Labute approximate surface area is 142 Å². The Kier molecular flexibility index (Phi) is 3.29. The van der Waals surface area contributed by atoms with Crippen molar-refractivity contribution in [2.45, 2.75) is 38.5 Å². The Morgan fingerprint density at radius 2 is 1.00 bits per heavy atom. The van der Waals surface area contributed by atoms with Gasteiger partial charge in [-0.2, -0.15) is 0 Å². The van der Waals surface area contributed by atoms with Gasteiger partial charge in [0.05, 0.1) is 0 Å². The third-order valence-electron chi connectivity index (χ3n) is 5.59. The largest absolute Gasteiger partial charge is 0.0757 e. The van der Waals surface area contributed by atoms with Gasteiger partial charge in [-0.05, 0) is 81.0 Å². The van der Waals surface area contributed by atoms with Gasteiger partial charge in [-0.25, -0.2) is 0 Å². The summed E-state index contributed by atoms with van der Waals surface area (Å²) in [6.07, 6.45) is 19.4. The second-order valence-electron chi connectivity index (χ2n) is 7.00. The van der Waals surface area contributed by atoms with Crippen LogP contribution in [0.25, 0.3) is 36.0 Å². The Morgan fingerprint density at radius 3 is 1.62 bits per heavy atom. The lowest BCUT2D eigenvalue weighted by Gasteiger charge is -2.16. The molecule has 0 atom stereocenters. The van der Waals surface area contributed by atoms with E-state index in [-0.39, 0.29) is 0 Å². The van der Waals surface area contributed by atoms with Crippen LogP contribution in [0.15, 0.2) is 30.3 Å². The van der Waals surface area contributed by atoms with Gasteiger partial charge in [-0.15, -0.1) is 0 Å². The van der Waals surface area contributed by atoms with E-state index >= 15 is 0 Å². The Balaban J connectivity index is 2.11. The van der Waals surface area contributed by atoms with Gasteiger partial charge in [0.2, 0.25) is 0 Å². The van der Waals surface area contributed by atoms with Crippen molar-refractivity contribution in [3.05, 3.63) is 67.2 Å². The second kappa shape index (κ2) is 5.63. The van der Waals surface area contributed by atoms with E-state index in [0.717, 1.165) is 12.8 Å². The van der Waals surface area contributed by atoms with Crippen LogP contribution >= 0.6 is 0 Å². The van der Waals surface area contributed by atoms with Crippen molar-refractivity contribution in [2.24, 2.45) is 0 Å². The highest BCUT2D eigenvalue weighted by atomic mass is 14.2. The summed E-state index contributed by atoms with van der Waals surface area (Å²) in [4.78, 5) is 0. The van der Waals surface area contributed by atoms with E-state index in [0.29, 0.717) is 0 Å². The smallest absolute Gasteiger partial charge is 0.00674 e. The van der Waals surface area contributed by atoms with Crippen molar-refractivity contribution in [2.75, 3.05) is 0 Å². The summed E-state index contributed by atoms with van der Waals surface area (Å²) in [5.74, 6) is 0.